The Morgan fingerprint density at radius 2 is 2.15 bits per heavy atom. The molecule has 3 atom stereocenters. The lowest BCUT2D eigenvalue weighted by atomic mass is 9.69. The van der Waals surface area contributed by atoms with Gasteiger partial charge in [-0.25, -0.2) is 14.5 Å². The van der Waals surface area contributed by atoms with Crippen LogP contribution in [0.1, 0.15) is 97.6 Å². The van der Waals surface area contributed by atoms with Crippen molar-refractivity contribution in [1.29, 1.82) is 5.26 Å². The van der Waals surface area contributed by atoms with Gasteiger partial charge in [0.2, 0.25) is 5.88 Å². The summed E-state index contributed by atoms with van der Waals surface area (Å²) in [5.41, 5.74) is 8.79. The van der Waals surface area contributed by atoms with E-state index >= 15 is 0 Å². The fourth-order valence-corrected chi connectivity index (χ4v) is 8.17. The number of aryl methyl sites for hydroxylation is 1. The van der Waals surface area contributed by atoms with Crippen molar-refractivity contribution < 1.29 is 18.8 Å². The SMILES string of the molecule is CCCc1c(-c2nc(O[C@@H](C)[C@@H]3CCCN3C)cc(-n3ccc(C(=O)OCC)n3)n2)noc1[C@@]1(C)CCCc2sc(N)c(C#N)c21. The monoisotopic (exact) mass is 644 g/mol. The van der Waals surface area contributed by atoms with Gasteiger partial charge in [0.05, 0.1) is 17.6 Å². The van der Waals surface area contributed by atoms with E-state index in [1.54, 1.807) is 25.3 Å². The van der Waals surface area contributed by atoms with Gasteiger partial charge in [0.25, 0.3) is 0 Å². The molecule has 1 saturated heterocycles. The van der Waals surface area contributed by atoms with E-state index in [4.69, 9.17) is 29.7 Å². The third-order valence-electron chi connectivity index (χ3n) is 9.18. The molecule has 13 heteroatoms. The highest BCUT2D eigenvalue weighted by molar-refractivity contribution is 7.16. The first kappa shape index (κ1) is 31.7. The van der Waals surface area contributed by atoms with Gasteiger partial charge in [0.1, 0.15) is 17.2 Å². The van der Waals surface area contributed by atoms with Crippen LogP contribution in [0.4, 0.5) is 5.00 Å². The number of nitrogen functional groups attached to an aromatic ring is 1. The van der Waals surface area contributed by atoms with Crippen LogP contribution < -0.4 is 10.5 Å². The molecule has 242 valence electrons. The number of carbonyl (C=O) groups excluding carboxylic acids is 1. The summed E-state index contributed by atoms with van der Waals surface area (Å²) in [4.78, 5) is 25.6. The van der Waals surface area contributed by atoms with E-state index in [2.05, 4.69) is 49.0 Å². The number of anilines is 1. The fraction of sp³-hybridized carbons (Fsp3) is 0.515. The first-order valence-electron chi connectivity index (χ1n) is 16.0. The summed E-state index contributed by atoms with van der Waals surface area (Å²) in [6.45, 7) is 9.30. The molecule has 2 N–H and O–H groups in total. The maximum absolute atomic E-state index is 12.4. The molecule has 1 aliphatic carbocycles. The van der Waals surface area contributed by atoms with Gasteiger partial charge in [0.15, 0.2) is 28.8 Å². The molecular weight excluding hydrogens is 604 g/mol. The molecule has 12 nitrogen and oxygen atoms in total. The molecule has 0 aromatic carbocycles. The summed E-state index contributed by atoms with van der Waals surface area (Å²) in [5, 5.41) is 19.6. The van der Waals surface area contributed by atoms with Crippen molar-refractivity contribution in [2.45, 2.75) is 90.2 Å². The Morgan fingerprint density at radius 1 is 1.33 bits per heavy atom. The standard InChI is InChI=1S/C33H40N8O4S/c1-6-10-20-28(39-45-29(20)33(4)14-8-12-24-27(33)21(18-34)30(35)46-24)31-36-25(41-16-13-22(38-41)32(42)43-7-2)17-26(37-31)44-19(3)23-11-9-15-40(23)5/h13,16-17,19,23H,6-12,14-15,35H2,1-5H3/t19-,23-,33-/m0/s1. The number of nitrogens with two attached hydrogens (primary N) is 1. The zero-order chi connectivity index (χ0) is 32.6. The van der Waals surface area contributed by atoms with E-state index in [-0.39, 0.29) is 24.4 Å². The number of hydrogen-bond donors (Lipinski definition) is 1. The molecule has 1 fully saturated rings. The lowest BCUT2D eigenvalue weighted by molar-refractivity contribution is 0.0519. The molecule has 0 spiro atoms. The summed E-state index contributed by atoms with van der Waals surface area (Å²) < 4.78 is 19.4. The Hall–Kier alpha value is -4.28. The first-order valence-corrected chi connectivity index (χ1v) is 16.8. The zero-order valence-corrected chi connectivity index (χ0v) is 27.8. The van der Waals surface area contributed by atoms with Crippen molar-refractivity contribution in [3.05, 3.63) is 51.4 Å². The van der Waals surface area contributed by atoms with Crippen molar-refractivity contribution >= 4 is 22.3 Å². The summed E-state index contributed by atoms with van der Waals surface area (Å²) in [7, 11) is 2.11. The van der Waals surface area contributed by atoms with Crippen LogP contribution >= 0.6 is 11.3 Å². The number of nitrogens with zero attached hydrogens (tertiary/aromatic N) is 7. The third-order valence-corrected chi connectivity index (χ3v) is 10.3. The van der Waals surface area contributed by atoms with Crippen molar-refractivity contribution in [2.24, 2.45) is 0 Å². The molecule has 0 radical (unpaired) electrons. The average molecular weight is 645 g/mol. The van der Waals surface area contributed by atoms with E-state index in [0.717, 1.165) is 61.1 Å². The van der Waals surface area contributed by atoms with Gasteiger partial charge < -0.3 is 19.7 Å². The number of esters is 1. The topological polar surface area (TPSA) is 158 Å². The number of carbonyl (C=O) groups is 1. The van der Waals surface area contributed by atoms with Crippen molar-refractivity contribution in [1.82, 2.24) is 29.8 Å². The number of thiophene rings is 1. The molecule has 0 amide bonds. The summed E-state index contributed by atoms with van der Waals surface area (Å²) >= 11 is 1.49. The van der Waals surface area contributed by atoms with Crippen LogP contribution in [0, 0.1) is 11.3 Å². The number of likely N-dealkylation sites (tertiary alicyclic amines) is 1. The van der Waals surface area contributed by atoms with Gasteiger partial charge in [-0.1, -0.05) is 18.5 Å². The minimum atomic E-state index is -0.586. The average Bonchev–Trinajstić information content (AvgIpc) is 3.83. The molecule has 0 unspecified atom stereocenters. The highest BCUT2D eigenvalue weighted by atomic mass is 32.1. The second-order valence-electron chi connectivity index (χ2n) is 12.3. The van der Waals surface area contributed by atoms with Gasteiger partial charge >= 0.3 is 5.97 Å². The fourth-order valence-electron chi connectivity index (χ4n) is 6.98. The Balaban J connectivity index is 1.47. The minimum Gasteiger partial charge on any atom is -0.473 e. The largest absolute Gasteiger partial charge is 0.473 e. The quantitative estimate of drug-likeness (QED) is 0.218. The molecule has 6 rings (SSSR count). The summed E-state index contributed by atoms with van der Waals surface area (Å²) in [6.07, 6.45) is 7.79. The lowest BCUT2D eigenvalue weighted by Gasteiger charge is -2.33. The van der Waals surface area contributed by atoms with Crippen molar-refractivity contribution in [2.75, 3.05) is 25.9 Å². The maximum atomic E-state index is 12.4. The molecular formula is C33H40N8O4S. The minimum absolute atomic E-state index is 0.133. The van der Waals surface area contributed by atoms with Crippen LogP contribution in [0.5, 0.6) is 5.88 Å². The molecule has 4 aromatic heterocycles. The van der Waals surface area contributed by atoms with Crippen LogP contribution in [0.3, 0.4) is 0 Å². The predicted octanol–water partition coefficient (Wildman–Crippen LogP) is 5.47. The van der Waals surface area contributed by atoms with Gasteiger partial charge in [-0.15, -0.1) is 11.3 Å². The highest BCUT2D eigenvalue weighted by Gasteiger charge is 2.44. The Bertz CT molecular complexity index is 1790. The van der Waals surface area contributed by atoms with Gasteiger partial charge in [-0.05, 0) is 84.5 Å². The number of ether oxygens (including phenoxy) is 2. The Kier molecular flexibility index (Phi) is 8.85. The molecule has 1 aliphatic heterocycles. The number of aromatic nitrogens is 5. The molecule has 0 bridgehead atoms. The van der Waals surface area contributed by atoms with Gasteiger partial charge in [-0.3, -0.25) is 4.90 Å². The van der Waals surface area contributed by atoms with Crippen LogP contribution in [0.2, 0.25) is 0 Å². The van der Waals surface area contributed by atoms with E-state index in [0.29, 0.717) is 46.0 Å². The summed E-state index contributed by atoms with van der Waals surface area (Å²) in [6, 6.07) is 5.92. The molecule has 2 aliphatic rings. The lowest BCUT2D eigenvalue weighted by Crippen LogP contribution is -2.38. The van der Waals surface area contributed by atoms with Crippen LogP contribution in [0.25, 0.3) is 17.3 Å². The second kappa shape index (κ2) is 12.8. The number of fused-ring (bicyclic) bond motifs is 1. The molecule has 46 heavy (non-hydrogen) atoms. The zero-order valence-electron chi connectivity index (χ0n) is 27.0. The van der Waals surface area contributed by atoms with Gasteiger partial charge in [0, 0.05) is 28.7 Å². The number of hydrogen-bond acceptors (Lipinski definition) is 12. The first-order chi connectivity index (χ1) is 22.2. The third kappa shape index (κ3) is 5.64. The summed E-state index contributed by atoms with van der Waals surface area (Å²) in [5.74, 6) is 1.31. The normalized spacial score (nSPS) is 20.3. The van der Waals surface area contributed by atoms with E-state index in [9.17, 15) is 10.1 Å². The number of nitriles is 1. The van der Waals surface area contributed by atoms with E-state index < -0.39 is 11.4 Å². The Labute approximate surface area is 272 Å². The van der Waals surface area contributed by atoms with E-state index in [1.807, 2.05) is 0 Å². The van der Waals surface area contributed by atoms with Crippen LogP contribution in [-0.2, 0) is 23.0 Å². The van der Waals surface area contributed by atoms with Crippen LogP contribution in [-0.4, -0.2) is 68.1 Å². The van der Waals surface area contributed by atoms with Crippen LogP contribution in [0.15, 0.2) is 22.9 Å². The van der Waals surface area contributed by atoms with Gasteiger partial charge in [-0.2, -0.15) is 15.3 Å². The molecule has 4 aromatic rings. The second-order valence-corrected chi connectivity index (χ2v) is 13.4. The number of rotatable bonds is 10. The number of likely N-dealkylation sites (N-methyl/N-ethyl adjacent to an activating group) is 1. The smallest absolute Gasteiger partial charge is 0.358 e. The maximum Gasteiger partial charge on any atom is 0.358 e. The van der Waals surface area contributed by atoms with E-state index in [1.165, 1.54) is 16.0 Å². The van der Waals surface area contributed by atoms with Crippen molar-refractivity contribution in [3.8, 4) is 29.3 Å². The Morgan fingerprint density at radius 3 is 2.87 bits per heavy atom. The molecule has 5 heterocycles. The predicted molar refractivity (Wildman–Crippen MR) is 173 cm³/mol. The molecule has 0 saturated carbocycles. The highest BCUT2D eigenvalue weighted by Crippen LogP contribution is 2.50. The van der Waals surface area contributed by atoms with Crippen molar-refractivity contribution in [3.63, 3.8) is 0 Å².